The number of rotatable bonds is 5. The molecule has 6 heteroatoms. The van der Waals surface area contributed by atoms with Gasteiger partial charge in [0, 0.05) is 26.3 Å². The second-order valence-corrected chi connectivity index (χ2v) is 6.53. The number of nitrogens with zero attached hydrogens (tertiary/aromatic N) is 1. The van der Waals surface area contributed by atoms with Gasteiger partial charge >= 0.3 is 0 Å². The van der Waals surface area contributed by atoms with Gasteiger partial charge in [-0.25, -0.2) is 0 Å². The molecule has 2 rings (SSSR count). The molecule has 21 heavy (non-hydrogen) atoms. The van der Waals surface area contributed by atoms with Gasteiger partial charge in [-0.15, -0.1) is 11.3 Å². The molecule has 0 aliphatic heterocycles. The van der Waals surface area contributed by atoms with Crippen molar-refractivity contribution in [2.24, 2.45) is 0 Å². The number of nitrogens with one attached hydrogen (secondary N) is 1. The molecule has 112 valence electrons. The van der Waals surface area contributed by atoms with Crippen LogP contribution in [0.15, 0.2) is 36.4 Å². The maximum Gasteiger partial charge on any atom is 0.261 e. The summed E-state index contributed by atoms with van der Waals surface area (Å²) in [6.45, 7) is 0.162. The van der Waals surface area contributed by atoms with Crippen LogP contribution in [-0.4, -0.2) is 31.7 Å². The van der Waals surface area contributed by atoms with E-state index in [1.54, 1.807) is 12.1 Å². The molecule has 2 N–H and O–H groups in total. The normalized spacial score (nSPS) is 12.0. The Kier molecular flexibility index (Phi) is 5.22. The van der Waals surface area contributed by atoms with E-state index in [2.05, 4.69) is 5.32 Å². The fraction of sp³-hybridized carbons (Fsp3) is 0.267. The van der Waals surface area contributed by atoms with E-state index in [1.807, 2.05) is 43.3 Å². The molecule has 1 unspecified atom stereocenters. The zero-order valence-electron chi connectivity index (χ0n) is 11.8. The lowest BCUT2D eigenvalue weighted by molar-refractivity contribution is 0.0920. The Morgan fingerprint density at radius 2 is 1.95 bits per heavy atom. The maximum atomic E-state index is 11.9. The van der Waals surface area contributed by atoms with Crippen LogP contribution < -0.4 is 10.2 Å². The number of aliphatic hydroxyl groups is 1. The Hall–Kier alpha value is -1.56. The minimum absolute atomic E-state index is 0.162. The van der Waals surface area contributed by atoms with Crippen LogP contribution in [0.4, 0.5) is 5.69 Å². The number of benzene rings is 1. The SMILES string of the molecule is CN(C)c1ccc(C(O)CNC(=O)c2ccc(Cl)s2)cc1. The first kappa shape index (κ1) is 15.8. The highest BCUT2D eigenvalue weighted by atomic mass is 35.5. The first-order valence-electron chi connectivity index (χ1n) is 6.46. The monoisotopic (exact) mass is 324 g/mol. The average molecular weight is 325 g/mol. The summed E-state index contributed by atoms with van der Waals surface area (Å²) in [5.41, 5.74) is 1.83. The van der Waals surface area contributed by atoms with Crippen LogP contribution in [0.3, 0.4) is 0 Å². The van der Waals surface area contributed by atoms with Crippen LogP contribution in [-0.2, 0) is 0 Å². The van der Waals surface area contributed by atoms with E-state index in [-0.39, 0.29) is 12.5 Å². The summed E-state index contributed by atoms with van der Waals surface area (Å²) in [5.74, 6) is -0.226. The Morgan fingerprint density at radius 3 is 2.48 bits per heavy atom. The van der Waals surface area contributed by atoms with Crippen LogP contribution in [0.1, 0.15) is 21.3 Å². The van der Waals surface area contributed by atoms with Gasteiger partial charge in [0.1, 0.15) is 0 Å². The third-order valence-electron chi connectivity index (χ3n) is 3.05. The molecule has 0 radical (unpaired) electrons. The molecule has 0 fully saturated rings. The smallest absolute Gasteiger partial charge is 0.261 e. The fourth-order valence-electron chi connectivity index (χ4n) is 1.83. The molecule has 1 heterocycles. The van der Waals surface area contributed by atoms with E-state index >= 15 is 0 Å². The molecular formula is C15H17ClN2O2S. The Morgan fingerprint density at radius 1 is 1.29 bits per heavy atom. The number of anilines is 1. The summed E-state index contributed by atoms with van der Waals surface area (Å²) in [7, 11) is 3.91. The Labute approximate surface area is 133 Å². The lowest BCUT2D eigenvalue weighted by Gasteiger charge is -2.15. The molecule has 0 aliphatic rings. The largest absolute Gasteiger partial charge is 0.387 e. The molecule has 4 nitrogen and oxygen atoms in total. The minimum Gasteiger partial charge on any atom is -0.387 e. The van der Waals surface area contributed by atoms with Gasteiger partial charge in [-0.3, -0.25) is 4.79 Å². The highest BCUT2D eigenvalue weighted by Crippen LogP contribution is 2.21. The second kappa shape index (κ2) is 6.93. The van der Waals surface area contributed by atoms with Crippen molar-refractivity contribution in [3.63, 3.8) is 0 Å². The fourth-order valence-corrected chi connectivity index (χ4v) is 2.78. The van der Waals surface area contributed by atoms with Crippen LogP contribution >= 0.6 is 22.9 Å². The number of carbonyl (C=O) groups is 1. The van der Waals surface area contributed by atoms with Crippen molar-refractivity contribution in [3.8, 4) is 0 Å². The molecule has 2 aromatic rings. The van der Waals surface area contributed by atoms with Crippen molar-refractivity contribution in [2.75, 3.05) is 25.5 Å². The van der Waals surface area contributed by atoms with Gasteiger partial charge in [0.25, 0.3) is 5.91 Å². The molecule has 1 aromatic carbocycles. The number of halogens is 1. The van der Waals surface area contributed by atoms with Crippen LogP contribution in [0.2, 0.25) is 4.34 Å². The Balaban J connectivity index is 1.92. The van der Waals surface area contributed by atoms with Gasteiger partial charge in [-0.2, -0.15) is 0 Å². The predicted octanol–water partition coefficient (Wildman–Crippen LogP) is 2.93. The molecule has 0 saturated carbocycles. The van der Waals surface area contributed by atoms with Crippen LogP contribution in [0, 0.1) is 0 Å². The van der Waals surface area contributed by atoms with E-state index in [1.165, 1.54) is 11.3 Å². The summed E-state index contributed by atoms with van der Waals surface area (Å²) in [6, 6.07) is 10.9. The molecule has 0 spiro atoms. The predicted molar refractivity (Wildman–Crippen MR) is 87.4 cm³/mol. The number of carbonyl (C=O) groups excluding carboxylic acids is 1. The maximum absolute atomic E-state index is 11.9. The topological polar surface area (TPSA) is 52.6 Å². The van der Waals surface area contributed by atoms with E-state index in [4.69, 9.17) is 11.6 Å². The van der Waals surface area contributed by atoms with Crippen molar-refractivity contribution in [1.29, 1.82) is 0 Å². The zero-order chi connectivity index (χ0) is 15.4. The van der Waals surface area contributed by atoms with Gasteiger partial charge in [0.15, 0.2) is 0 Å². The van der Waals surface area contributed by atoms with Crippen molar-refractivity contribution in [3.05, 3.63) is 51.2 Å². The van der Waals surface area contributed by atoms with Crippen molar-refractivity contribution in [2.45, 2.75) is 6.10 Å². The van der Waals surface area contributed by atoms with Gasteiger partial charge < -0.3 is 15.3 Å². The molecule has 1 amide bonds. The molecule has 0 bridgehead atoms. The number of hydrogen-bond donors (Lipinski definition) is 2. The molecule has 0 aliphatic carbocycles. The van der Waals surface area contributed by atoms with E-state index < -0.39 is 6.10 Å². The summed E-state index contributed by atoms with van der Waals surface area (Å²) in [5, 5.41) is 12.8. The van der Waals surface area contributed by atoms with Crippen molar-refractivity contribution < 1.29 is 9.90 Å². The number of amides is 1. The average Bonchev–Trinajstić information content (AvgIpc) is 2.91. The first-order valence-corrected chi connectivity index (χ1v) is 7.65. The van der Waals surface area contributed by atoms with E-state index in [0.717, 1.165) is 11.3 Å². The van der Waals surface area contributed by atoms with Crippen LogP contribution in [0.5, 0.6) is 0 Å². The highest BCUT2D eigenvalue weighted by Gasteiger charge is 2.12. The quantitative estimate of drug-likeness (QED) is 0.889. The lowest BCUT2D eigenvalue weighted by Crippen LogP contribution is -2.27. The van der Waals surface area contributed by atoms with Crippen molar-refractivity contribution >= 4 is 34.5 Å². The zero-order valence-corrected chi connectivity index (χ0v) is 13.4. The third-order valence-corrected chi connectivity index (χ3v) is 4.28. The number of thiophene rings is 1. The number of hydrogen-bond acceptors (Lipinski definition) is 4. The molecule has 1 atom stereocenters. The molecule has 0 saturated heterocycles. The van der Waals surface area contributed by atoms with Crippen molar-refractivity contribution in [1.82, 2.24) is 5.32 Å². The second-order valence-electron chi connectivity index (χ2n) is 4.82. The van der Waals surface area contributed by atoms with Crippen LogP contribution in [0.25, 0.3) is 0 Å². The van der Waals surface area contributed by atoms with Gasteiger partial charge in [-0.1, -0.05) is 23.7 Å². The number of aliphatic hydroxyl groups excluding tert-OH is 1. The lowest BCUT2D eigenvalue weighted by atomic mass is 10.1. The van der Waals surface area contributed by atoms with E-state index in [9.17, 15) is 9.90 Å². The summed E-state index contributed by atoms with van der Waals surface area (Å²) in [6.07, 6.45) is -0.736. The first-order chi connectivity index (χ1) is 9.97. The highest BCUT2D eigenvalue weighted by molar-refractivity contribution is 7.17. The molecule has 1 aromatic heterocycles. The third kappa shape index (κ3) is 4.20. The molecular weight excluding hydrogens is 308 g/mol. The summed E-state index contributed by atoms with van der Waals surface area (Å²) in [4.78, 5) is 14.4. The van der Waals surface area contributed by atoms with Gasteiger partial charge in [0.05, 0.1) is 15.3 Å². The standard InChI is InChI=1S/C15H17ClN2O2S/c1-18(2)11-5-3-10(4-6-11)12(19)9-17-15(20)13-7-8-14(16)21-13/h3-8,12,19H,9H2,1-2H3,(H,17,20). The minimum atomic E-state index is -0.736. The summed E-state index contributed by atoms with van der Waals surface area (Å²) >= 11 is 7.00. The van der Waals surface area contributed by atoms with Gasteiger partial charge in [0.2, 0.25) is 0 Å². The van der Waals surface area contributed by atoms with Gasteiger partial charge in [-0.05, 0) is 29.8 Å². The Bertz CT molecular complexity index is 610. The van der Waals surface area contributed by atoms with E-state index in [0.29, 0.717) is 9.21 Å². The summed E-state index contributed by atoms with van der Waals surface area (Å²) < 4.78 is 0.569.